The Morgan fingerprint density at radius 2 is 2.36 bits per heavy atom. The molecule has 0 unspecified atom stereocenters. The molecule has 0 radical (unpaired) electrons. The summed E-state index contributed by atoms with van der Waals surface area (Å²) in [6, 6.07) is 5.65. The van der Waals surface area contributed by atoms with Gasteiger partial charge in [0.05, 0.1) is 0 Å². The molecule has 4 heteroatoms. The summed E-state index contributed by atoms with van der Waals surface area (Å²) in [5.41, 5.74) is 7.47. The van der Waals surface area contributed by atoms with Gasteiger partial charge in [-0.05, 0) is 24.1 Å². The van der Waals surface area contributed by atoms with Crippen LogP contribution in [0.25, 0.3) is 11.1 Å². The van der Waals surface area contributed by atoms with Gasteiger partial charge < -0.3 is 10.2 Å². The van der Waals surface area contributed by atoms with Crippen LogP contribution in [0.4, 0.5) is 0 Å². The van der Waals surface area contributed by atoms with Crippen LogP contribution in [0.2, 0.25) is 0 Å². The monoisotopic (exact) mass is 190 g/mol. The molecule has 0 atom stereocenters. The minimum atomic E-state index is -0.640. The molecule has 1 aromatic carbocycles. The number of oxazole rings is 1. The summed E-state index contributed by atoms with van der Waals surface area (Å²) in [4.78, 5) is 14.7. The fourth-order valence-corrected chi connectivity index (χ4v) is 1.29. The second-order valence-electron chi connectivity index (χ2n) is 3.04. The molecule has 1 heterocycles. The Labute approximate surface area is 80.7 Å². The van der Waals surface area contributed by atoms with Crippen molar-refractivity contribution in [3.63, 3.8) is 0 Å². The number of aryl methyl sites for hydroxylation is 1. The molecule has 72 valence electrons. The number of carbonyl (C=O) groups excluding carboxylic acids is 1. The van der Waals surface area contributed by atoms with Crippen molar-refractivity contribution in [3.05, 3.63) is 29.7 Å². The van der Waals surface area contributed by atoms with Crippen molar-refractivity contribution in [3.8, 4) is 0 Å². The second kappa shape index (κ2) is 3.14. The molecule has 2 aromatic rings. The lowest BCUT2D eigenvalue weighted by Crippen LogP contribution is -2.10. The molecule has 0 spiro atoms. The van der Waals surface area contributed by atoms with E-state index in [-0.39, 0.29) is 5.89 Å². The third kappa shape index (κ3) is 1.35. The van der Waals surface area contributed by atoms with E-state index in [1.54, 1.807) is 0 Å². The highest BCUT2D eigenvalue weighted by atomic mass is 16.4. The average molecular weight is 190 g/mol. The van der Waals surface area contributed by atoms with Crippen LogP contribution in [0.1, 0.15) is 23.2 Å². The van der Waals surface area contributed by atoms with E-state index in [0.29, 0.717) is 11.1 Å². The van der Waals surface area contributed by atoms with E-state index >= 15 is 0 Å². The highest BCUT2D eigenvalue weighted by Gasteiger charge is 2.10. The molecular weight excluding hydrogens is 180 g/mol. The van der Waals surface area contributed by atoms with Crippen molar-refractivity contribution >= 4 is 17.0 Å². The molecule has 14 heavy (non-hydrogen) atoms. The molecule has 2 N–H and O–H groups in total. The first-order valence-electron chi connectivity index (χ1n) is 4.40. The number of benzene rings is 1. The van der Waals surface area contributed by atoms with Gasteiger partial charge in [0.15, 0.2) is 5.58 Å². The standard InChI is InChI=1S/C10H10N2O2/c1-2-6-3-4-7-8(5-6)14-10(12-7)9(11)13/h3-5H,2H2,1H3,(H2,11,13). The molecule has 4 nitrogen and oxygen atoms in total. The lowest BCUT2D eigenvalue weighted by Gasteiger charge is -1.92. The fraction of sp³-hybridized carbons (Fsp3) is 0.200. The lowest BCUT2D eigenvalue weighted by atomic mass is 10.1. The van der Waals surface area contributed by atoms with Crippen LogP contribution in [0.5, 0.6) is 0 Å². The Balaban J connectivity index is 2.60. The van der Waals surface area contributed by atoms with Crippen LogP contribution in [-0.4, -0.2) is 10.9 Å². The van der Waals surface area contributed by atoms with E-state index < -0.39 is 5.91 Å². The molecule has 0 saturated carbocycles. The van der Waals surface area contributed by atoms with Crippen molar-refractivity contribution in [2.75, 3.05) is 0 Å². The predicted octanol–water partition coefficient (Wildman–Crippen LogP) is 1.49. The molecule has 0 aliphatic carbocycles. The first kappa shape index (κ1) is 8.74. The Kier molecular flexibility index (Phi) is 1.96. The Morgan fingerprint density at radius 1 is 1.57 bits per heavy atom. The molecule has 1 aromatic heterocycles. The number of primary amides is 1. The van der Waals surface area contributed by atoms with Crippen molar-refractivity contribution in [2.24, 2.45) is 5.73 Å². The highest BCUT2D eigenvalue weighted by Crippen LogP contribution is 2.17. The number of hydrogen-bond donors (Lipinski definition) is 1. The molecule has 1 amide bonds. The Hall–Kier alpha value is -1.84. The first-order chi connectivity index (χ1) is 6.70. The van der Waals surface area contributed by atoms with Gasteiger partial charge in [0, 0.05) is 0 Å². The zero-order valence-corrected chi connectivity index (χ0v) is 7.78. The van der Waals surface area contributed by atoms with Crippen LogP contribution < -0.4 is 5.73 Å². The van der Waals surface area contributed by atoms with Crippen molar-refractivity contribution < 1.29 is 9.21 Å². The van der Waals surface area contributed by atoms with Crippen molar-refractivity contribution in [1.82, 2.24) is 4.98 Å². The fourth-order valence-electron chi connectivity index (χ4n) is 1.29. The van der Waals surface area contributed by atoms with Crippen LogP contribution >= 0.6 is 0 Å². The molecule has 0 aliphatic rings. The number of aromatic nitrogens is 1. The quantitative estimate of drug-likeness (QED) is 0.779. The van der Waals surface area contributed by atoms with Gasteiger partial charge in [0.1, 0.15) is 5.52 Å². The summed E-state index contributed by atoms with van der Waals surface area (Å²) in [7, 11) is 0. The maximum Gasteiger partial charge on any atom is 0.304 e. The zero-order valence-electron chi connectivity index (χ0n) is 7.78. The van der Waals surface area contributed by atoms with Gasteiger partial charge in [-0.15, -0.1) is 0 Å². The SMILES string of the molecule is CCc1ccc2nc(C(N)=O)oc2c1. The minimum Gasteiger partial charge on any atom is -0.432 e. The smallest absolute Gasteiger partial charge is 0.304 e. The number of rotatable bonds is 2. The summed E-state index contributed by atoms with van der Waals surface area (Å²) in [6.07, 6.45) is 0.919. The molecule has 0 bridgehead atoms. The van der Waals surface area contributed by atoms with Crippen molar-refractivity contribution in [1.29, 1.82) is 0 Å². The van der Waals surface area contributed by atoms with Gasteiger partial charge in [-0.25, -0.2) is 4.98 Å². The molecule has 2 rings (SSSR count). The van der Waals surface area contributed by atoms with Gasteiger partial charge in [0.2, 0.25) is 0 Å². The number of hydrogen-bond acceptors (Lipinski definition) is 3. The summed E-state index contributed by atoms with van der Waals surface area (Å²) in [5, 5.41) is 0. The van der Waals surface area contributed by atoms with Crippen LogP contribution in [0.15, 0.2) is 22.6 Å². The third-order valence-electron chi connectivity index (χ3n) is 2.07. The van der Waals surface area contributed by atoms with Gasteiger partial charge in [0.25, 0.3) is 5.89 Å². The van der Waals surface area contributed by atoms with Crippen molar-refractivity contribution in [2.45, 2.75) is 13.3 Å². The van der Waals surface area contributed by atoms with E-state index in [0.717, 1.165) is 12.0 Å². The molecule has 0 aliphatic heterocycles. The van der Waals surface area contributed by atoms with E-state index in [1.165, 1.54) is 0 Å². The Morgan fingerprint density at radius 3 is 3.00 bits per heavy atom. The number of nitrogens with two attached hydrogens (primary N) is 1. The molecule has 0 saturated heterocycles. The Bertz CT molecular complexity index is 488. The average Bonchev–Trinajstić information content (AvgIpc) is 2.59. The lowest BCUT2D eigenvalue weighted by molar-refractivity contribution is 0.0969. The van der Waals surface area contributed by atoms with E-state index in [2.05, 4.69) is 4.98 Å². The van der Waals surface area contributed by atoms with Crippen LogP contribution in [-0.2, 0) is 6.42 Å². The van der Waals surface area contributed by atoms with E-state index in [1.807, 2.05) is 25.1 Å². The first-order valence-corrected chi connectivity index (χ1v) is 4.40. The summed E-state index contributed by atoms with van der Waals surface area (Å²) in [6.45, 7) is 2.05. The topological polar surface area (TPSA) is 69.1 Å². The summed E-state index contributed by atoms with van der Waals surface area (Å²) < 4.78 is 5.19. The van der Waals surface area contributed by atoms with E-state index in [9.17, 15) is 4.79 Å². The zero-order chi connectivity index (χ0) is 10.1. The summed E-state index contributed by atoms with van der Waals surface area (Å²) >= 11 is 0. The van der Waals surface area contributed by atoms with Gasteiger partial charge >= 0.3 is 5.91 Å². The highest BCUT2D eigenvalue weighted by molar-refractivity contribution is 5.91. The number of amides is 1. The normalized spacial score (nSPS) is 10.6. The van der Waals surface area contributed by atoms with E-state index in [4.69, 9.17) is 10.2 Å². The molecular formula is C10H10N2O2. The molecule has 0 fully saturated rings. The minimum absolute atomic E-state index is 0.0340. The predicted molar refractivity (Wildman–Crippen MR) is 51.9 cm³/mol. The maximum absolute atomic E-state index is 10.8. The number of fused-ring (bicyclic) bond motifs is 1. The third-order valence-corrected chi connectivity index (χ3v) is 2.07. The number of carbonyl (C=O) groups is 1. The van der Waals surface area contributed by atoms with Crippen LogP contribution in [0.3, 0.4) is 0 Å². The van der Waals surface area contributed by atoms with Gasteiger partial charge in [-0.2, -0.15) is 0 Å². The van der Waals surface area contributed by atoms with Gasteiger partial charge in [-0.1, -0.05) is 13.0 Å². The second-order valence-corrected chi connectivity index (χ2v) is 3.04. The van der Waals surface area contributed by atoms with Gasteiger partial charge in [-0.3, -0.25) is 4.79 Å². The largest absolute Gasteiger partial charge is 0.432 e. The maximum atomic E-state index is 10.8. The number of nitrogens with zero attached hydrogens (tertiary/aromatic N) is 1. The summed E-state index contributed by atoms with van der Waals surface area (Å²) in [5.74, 6) is -0.674. The van der Waals surface area contributed by atoms with Crippen LogP contribution in [0, 0.1) is 0 Å².